The van der Waals surface area contributed by atoms with Crippen LogP contribution in [-0.2, 0) is 6.42 Å². The summed E-state index contributed by atoms with van der Waals surface area (Å²) in [6.45, 7) is 0. The highest BCUT2D eigenvalue weighted by Gasteiger charge is 2.19. The molecule has 2 aromatic carbocycles. The smallest absolute Gasteiger partial charge is 0.311 e. The van der Waals surface area contributed by atoms with Crippen LogP contribution in [0.3, 0.4) is 0 Å². The third-order valence-electron chi connectivity index (χ3n) is 4.04. The number of nitro groups is 1. The predicted octanol–water partition coefficient (Wildman–Crippen LogP) is 3.70. The van der Waals surface area contributed by atoms with Gasteiger partial charge in [-0.25, -0.2) is 5.43 Å². The summed E-state index contributed by atoms with van der Waals surface area (Å²) in [6.07, 6.45) is 4.40. The molecule has 0 bridgehead atoms. The van der Waals surface area contributed by atoms with Gasteiger partial charge in [-0.15, -0.1) is 0 Å². The van der Waals surface area contributed by atoms with Gasteiger partial charge in [0.2, 0.25) is 5.75 Å². The molecule has 0 aliphatic heterocycles. The highest BCUT2D eigenvalue weighted by molar-refractivity contribution is 6.31. The van der Waals surface area contributed by atoms with Crippen molar-refractivity contribution in [3.63, 3.8) is 0 Å². The van der Waals surface area contributed by atoms with E-state index in [4.69, 9.17) is 11.6 Å². The van der Waals surface area contributed by atoms with Gasteiger partial charge in [0.25, 0.3) is 5.91 Å². The summed E-state index contributed by atoms with van der Waals surface area (Å²) in [6, 6.07) is 13.0. The Balaban J connectivity index is 1.87. The average Bonchev–Trinajstić information content (AvgIpc) is 2.72. The van der Waals surface area contributed by atoms with Crippen LogP contribution in [0.25, 0.3) is 0 Å². The molecule has 0 fully saturated rings. The molecule has 1 amide bonds. The lowest BCUT2D eigenvalue weighted by Crippen LogP contribution is -2.17. The second-order valence-corrected chi connectivity index (χ2v) is 6.42. The van der Waals surface area contributed by atoms with Crippen molar-refractivity contribution in [3.05, 3.63) is 98.3 Å². The minimum atomic E-state index is -0.682. The monoisotopic (exact) mass is 410 g/mol. The number of carbonyl (C=O) groups is 1. The van der Waals surface area contributed by atoms with Gasteiger partial charge in [-0.1, -0.05) is 29.8 Å². The van der Waals surface area contributed by atoms with Crippen LogP contribution in [0.15, 0.2) is 66.0 Å². The van der Waals surface area contributed by atoms with Crippen LogP contribution >= 0.6 is 11.6 Å². The van der Waals surface area contributed by atoms with Gasteiger partial charge in [0.15, 0.2) is 0 Å². The van der Waals surface area contributed by atoms with Crippen LogP contribution in [0.2, 0.25) is 5.02 Å². The Labute approximate surface area is 170 Å². The Morgan fingerprint density at radius 2 is 1.97 bits per heavy atom. The quantitative estimate of drug-likeness (QED) is 0.365. The number of hydrogen-bond acceptors (Lipinski definition) is 6. The van der Waals surface area contributed by atoms with E-state index in [0.29, 0.717) is 22.6 Å². The highest BCUT2D eigenvalue weighted by Crippen LogP contribution is 2.32. The van der Waals surface area contributed by atoms with Gasteiger partial charge in [0.05, 0.1) is 11.1 Å². The number of aromatic nitrogens is 1. The second-order valence-electron chi connectivity index (χ2n) is 6.01. The summed E-state index contributed by atoms with van der Waals surface area (Å²) in [5.74, 6) is -1.02. The van der Waals surface area contributed by atoms with E-state index in [2.05, 4.69) is 15.5 Å². The molecule has 3 rings (SSSR count). The predicted molar refractivity (Wildman–Crippen MR) is 108 cm³/mol. The van der Waals surface area contributed by atoms with Gasteiger partial charge in [0.1, 0.15) is 0 Å². The van der Waals surface area contributed by atoms with E-state index in [1.54, 1.807) is 18.2 Å². The topological polar surface area (TPSA) is 118 Å². The molecule has 0 radical (unpaired) electrons. The number of aromatic hydroxyl groups is 1. The lowest BCUT2D eigenvalue weighted by atomic mass is 10.0. The fraction of sp³-hybridized carbons (Fsp3) is 0.0500. The zero-order chi connectivity index (χ0) is 20.8. The van der Waals surface area contributed by atoms with Crippen LogP contribution in [0.1, 0.15) is 27.0 Å². The van der Waals surface area contributed by atoms with Crippen molar-refractivity contribution >= 4 is 29.4 Å². The fourth-order valence-electron chi connectivity index (χ4n) is 2.63. The van der Waals surface area contributed by atoms with Gasteiger partial charge in [-0.2, -0.15) is 5.10 Å². The SMILES string of the molecule is O=C(N/N=C/c1cc(Cc2ccccc2Cl)cc([N+](=O)[O-])c1O)c1ccncc1. The summed E-state index contributed by atoms with van der Waals surface area (Å²) < 4.78 is 0. The van der Waals surface area contributed by atoms with Crippen molar-refractivity contribution in [1.82, 2.24) is 10.4 Å². The number of phenolic OH excluding ortho intramolecular Hbond substituents is 1. The molecule has 146 valence electrons. The number of amides is 1. The summed E-state index contributed by atoms with van der Waals surface area (Å²) in [4.78, 5) is 26.5. The van der Waals surface area contributed by atoms with E-state index in [1.807, 2.05) is 12.1 Å². The van der Waals surface area contributed by atoms with Gasteiger partial charge in [-0.3, -0.25) is 19.9 Å². The molecule has 2 N–H and O–H groups in total. The Hall–Kier alpha value is -3.78. The molecule has 29 heavy (non-hydrogen) atoms. The molecule has 9 heteroatoms. The number of pyridine rings is 1. The number of nitrogens with zero attached hydrogens (tertiary/aromatic N) is 3. The minimum absolute atomic E-state index is 0.0938. The van der Waals surface area contributed by atoms with Crippen molar-refractivity contribution in [2.45, 2.75) is 6.42 Å². The van der Waals surface area contributed by atoms with E-state index in [0.717, 1.165) is 11.8 Å². The van der Waals surface area contributed by atoms with Crippen LogP contribution in [0, 0.1) is 10.1 Å². The number of halogens is 1. The standard InChI is InChI=1S/C20H15ClN4O4/c21-17-4-2-1-3-15(17)9-13-10-16(19(26)18(11-13)25(28)29)12-23-24-20(27)14-5-7-22-8-6-14/h1-8,10-12,26H,9H2,(H,24,27)/b23-12+. The Morgan fingerprint density at radius 3 is 2.66 bits per heavy atom. The Kier molecular flexibility index (Phi) is 6.16. The number of nitrogens with one attached hydrogen (secondary N) is 1. The van der Waals surface area contributed by atoms with E-state index in [1.165, 1.54) is 30.6 Å². The first kappa shape index (κ1) is 20.0. The molecule has 0 unspecified atom stereocenters. The zero-order valence-corrected chi connectivity index (χ0v) is 15.7. The van der Waals surface area contributed by atoms with Crippen molar-refractivity contribution in [3.8, 4) is 5.75 Å². The number of hydrogen-bond donors (Lipinski definition) is 2. The summed E-state index contributed by atoms with van der Waals surface area (Å²) in [7, 11) is 0. The van der Waals surface area contributed by atoms with Gasteiger partial charge in [-0.05, 0) is 41.8 Å². The Morgan fingerprint density at radius 1 is 1.24 bits per heavy atom. The summed E-state index contributed by atoms with van der Waals surface area (Å²) in [5, 5.41) is 25.8. The first-order valence-corrected chi connectivity index (χ1v) is 8.80. The van der Waals surface area contributed by atoms with Crippen LogP contribution in [0.5, 0.6) is 5.75 Å². The van der Waals surface area contributed by atoms with E-state index < -0.39 is 22.3 Å². The highest BCUT2D eigenvalue weighted by atomic mass is 35.5. The van der Waals surface area contributed by atoms with Crippen molar-refractivity contribution in [2.75, 3.05) is 0 Å². The maximum absolute atomic E-state index is 12.0. The van der Waals surface area contributed by atoms with Crippen molar-refractivity contribution in [2.24, 2.45) is 5.10 Å². The van der Waals surface area contributed by atoms with E-state index in [-0.39, 0.29) is 5.56 Å². The summed E-state index contributed by atoms with van der Waals surface area (Å²) in [5.41, 5.74) is 3.62. The van der Waals surface area contributed by atoms with Gasteiger partial charge < -0.3 is 5.11 Å². The first-order valence-electron chi connectivity index (χ1n) is 8.43. The number of rotatable bonds is 6. The number of benzene rings is 2. The fourth-order valence-corrected chi connectivity index (χ4v) is 2.83. The molecule has 0 saturated heterocycles. The summed E-state index contributed by atoms with van der Waals surface area (Å²) >= 11 is 6.16. The van der Waals surface area contributed by atoms with Crippen LogP contribution in [-0.4, -0.2) is 27.1 Å². The Bertz CT molecular complexity index is 1090. The van der Waals surface area contributed by atoms with Gasteiger partial charge in [0, 0.05) is 34.6 Å². The number of carbonyl (C=O) groups excluding carboxylic acids is 1. The molecule has 0 aliphatic rings. The third kappa shape index (κ3) is 4.94. The molecular weight excluding hydrogens is 396 g/mol. The van der Waals surface area contributed by atoms with Crippen LogP contribution in [0.4, 0.5) is 5.69 Å². The molecule has 8 nitrogen and oxygen atoms in total. The normalized spacial score (nSPS) is 10.8. The first-order chi connectivity index (χ1) is 14.0. The number of phenols is 1. The zero-order valence-electron chi connectivity index (χ0n) is 14.9. The minimum Gasteiger partial charge on any atom is -0.502 e. The van der Waals surface area contributed by atoms with E-state index >= 15 is 0 Å². The average molecular weight is 411 g/mol. The second kappa shape index (κ2) is 8.94. The molecule has 0 aliphatic carbocycles. The molecule has 3 aromatic rings. The lowest BCUT2D eigenvalue weighted by molar-refractivity contribution is -0.385. The third-order valence-corrected chi connectivity index (χ3v) is 4.41. The molecule has 0 spiro atoms. The molecule has 1 aromatic heterocycles. The van der Waals surface area contributed by atoms with Gasteiger partial charge >= 0.3 is 5.69 Å². The molecule has 0 atom stereocenters. The maximum Gasteiger partial charge on any atom is 0.311 e. The lowest BCUT2D eigenvalue weighted by Gasteiger charge is -2.08. The van der Waals surface area contributed by atoms with Crippen LogP contribution < -0.4 is 5.43 Å². The number of nitro benzene ring substituents is 1. The van der Waals surface area contributed by atoms with Crippen molar-refractivity contribution in [1.29, 1.82) is 0 Å². The maximum atomic E-state index is 12.0. The largest absolute Gasteiger partial charge is 0.502 e. The molecule has 1 heterocycles. The molecule has 0 saturated carbocycles. The molecular formula is C20H15ClN4O4. The van der Waals surface area contributed by atoms with Crippen molar-refractivity contribution < 1.29 is 14.8 Å². The van der Waals surface area contributed by atoms with E-state index in [9.17, 15) is 20.0 Å². The number of hydrazone groups is 1.